The zero-order valence-electron chi connectivity index (χ0n) is 11.3. The fourth-order valence-corrected chi connectivity index (χ4v) is 1.50. The number of ether oxygens (including phenoxy) is 1. The summed E-state index contributed by atoms with van der Waals surface area (Å²) in [5.74, 6) is 0.460. The first-order chi connectivity index (χ1) is 10.2. The SMILES string of the molecule is O=C(NCC=Cc1ncc(O)cn1)OCc1ccccc1. The van der Waals surface area contributed by atoms with E-state index < -0.39 is 6.09 Å². The first kappa shape index (κ1) is 14.5. The minimum absolute atomic E-state index is 0.00904. The second kappa shape index (κ2) is 7.64. The molecule has 1 amide bonds. The van der Waals surface area contributed by atoms with Crippen LogP contribution in [0.25, 0.3) is 6.08 Å². The minimum atomic E-state index is -0.491. The average molecular weight is 285 g/mol. The molecule has 0 aliphatic rings. The van der Waals surface area contributed by atoms with E-state index >= 15 is 0 Å². The molecule has 0 unspecified atom stereocenters. The summed E-state index contributed by atoms with van der Waals surface area (Å²) in [6, 6.07) is 9.44. The molecule has 2 rings (SSSR count). The molecule has 0 saturated heterocycles. The van der Waals surface area contributed by atoms with Gasteiger partial charge in [-0.25, -0.2) is 14.8 Å². The fourth-order valence-electron chi connectivity index (χ4n) is 1.50. The van der Waals surface area contributed by atoms with E-state index in [4.69, 9.17) is 9.84 Å². The van der Waals surface area contributed by atoms with Gasteiger partial charge in [0.05, 0.1) is 12.4 Å². The summed E-state index contributed by atoms with van der Waals surface area (Å²) in [7, 11) is 0. The number of carbonyl (C=O) groups is 1. The van der Waals surface area contributed by atoms with Crippen LogP contribution < -0.4 is 5.32 Å². The fraction of sp³-hybridized carbons (Fsp3) is 0.133. The zero-order chi connectivity index (χ0) is 14.9. The molecule has 2 N–H and O–H groups in total. The summed E-state index contributed by atoms with van der Waals surface area (Å²) in [4.78, 5) is 19.2. The smallest absolute Gasteiger partial charge is 0.407 e. The van der Waals surface area contributed by atoms with Crippen molar-refractivity contribution in [2.45, 2.75) is 6.61 Å². The van der Waals surface area contributed by atoms with Crippen LogP contribution in [-0.2, 0) is 11.3 Å². The van der Waals surface area contributed by atoms with Crippen LogP contribution in [0.3, 0.4) is 0 Å². The van der Waals surface area contributed by atoms with Crippen LogP contribution in [0.1, 0.15) is 11.4 Å². The lowest BCUT2D eigenvalue weighted by molar-refractivity contribution is 0.141. The number of alkyl carbamates (subject to hydrolysis) is 1. The van der Waals surface area contributed by atoms with Crippen molar-refractivity contribution in [2.24, 2.45) is 0 Å². The lowest BCUT2D eigenvalue weighted by atomic mass is 10.2. The monoisotopic (exact) mass is 285 g/mol. The molecule has 0 atom stereocenters. The maximum Gasteiger partial charge on any atom is 0.407 e. The normalized spacial score (nSPS) is 10.5. The lowest BCUT2D eigenvalue weighted by Crippen LogP contribution is -2.24. The van der Waals surface area contributed by atoms with E-state index in [0.717, 1.165) is 5.56 Å². The van der Waals surface area contributed by atoms with Gasteiger partial charge >= 0.3 is 6.09 Å². The Hall–Kier alpha value is -2.89. The molecule has 0 bridgehead atoms. The van der Waals surface area contributed by atoms with Crippen molar-refractivity contribution in [3.63, 3.8) is 0 Å². The molecule has 21 heavy (non-hydrogen) atoms. The van der Waals surface area contributed by atoms with Crippen LogP contribution in [0.5, 0.6) is 5.75 Å². The topological polar surface area (TPSA) is 84.3 Å². The van der Waals surface area contributed by atoms with Crippen molar-refractivity contribution in [1.29, 1.82) is 0 Å². The molecule has 108 valence electrons. The van der Waals surface area contributed by atoms with Crippen molar-refractivity contribution in [1.82, 2.24) is 15.3 Å². The Labute approximate surface area is 122 Å². The number of nitrogens with one attached hydrogen (secondary N) is 1. The van der Waals surface area contributed by atoms with Crippen LogP contribution in [-0.4, -0.2) is 27.7 Å². The van der Waals surface area contributed by atoms with Crippen molar-refractivity contribution in [3.8, 4) is 5.75 Å². The van der Waals surface area contributed by atoms with E-state index in [1.165, 1.54) is 12.4 Å². The number of rotatable bonds is 5. The predicted molar refractivity (Wildman–Crippen MR) is 77.4 cm³/mol. The molecule has 1 aromatic heterocycles. The highest BCUT2D eigenvalue weighted by molar-refractivity contribution is 5.67. The van der Waals surface area contributed by atoms with Gasteiger partial charge in [-0.2, -0.15) is 0 Å². The van der Waals surface area contributed by atoms with Crippen molar-refractivity contribution in [2.75, 3.05) is 6.54 Å². The second-order valence-corrected chi connectivity index (χ2v) is 4.14. The Morgan fingerprint density at radius 1 is 1.24 bits per heavy atom. The molecule has 6 heteroatoms. The van der Waals surface area contributed by atoms with Crippen molar-refractivity contribution < 1.29 is 14.6 Å². The number of hydrogen-bond donors (Lipinski definition) is 2. The molecule has 0 spiro atoms. The van der Waals surface area contributed by atoms with Gasteiger partial charge in [-0.3, -0.25) is 0 Å². The third kappa shape index (κ3) is 5.32. The van der Waals surface area contributed by atoms with Crippen LogP contribution in [0, 0.1) is 0 Å². The highest BCUT2D eigenvalue weighted by Gasteiger charge is 2.00. The molecule has 1 aromatic carbocycles. The van der Waals surface area contributed by atoms with E-state index in [0.29, 0.717) is 12.4 Å². The molecular formula is C15H15N3O3. The number of aromatic hydroxyl groups is 1. The summed E-state index contributed by atoms with van der Waals surface area (Å²) in [6.07, 6.45) is 5.44. The summed E-state index contributed by atoms with van der Waals surface area (Å²) in [5, 5.41) is 11.6. The molecule has 2 aromatic rings. The first-order valence-electron chi connectivity index (χ1n) is 6.36. The highest BCUT2D eigenvalue weighted by Crippen LogP contribution is 2.03. The van der Waals surface area contributed by atoms with Gasteiger partial charge in [0.2, 0.25) is 0 Å². The molecule has 0 aliphatic carbocycles. The number of hydrogen-bond acceptors (Lipinski definition) is 5. The Morgan fingerprint density at radius 2 is 1.95 bits per heavy atom. The van der Waals surface area contributed by atoms with Gasteiger partial charge in [-0.05, 0) is 11.6 Å². The van der Waals surface area contributed by atoms with E-state index in [2.05, 4.69) is 15.3 Å². The zero-order valence-corrected chi connectivity index (χ0v) is 11.3. The molecule has 1 heterocycles. The summed E-state index contributed by atoms with van der Waals surface area (Å²) >= 11 is 0. The largest absolute Gasteiger partial charge is 0.505 e. The molecule has 0 aliphatic heterocycles. The summed E-state index contributed by atoms with van der Waals surface area (Å²) < 4.78 is 5.05. The Bertz CT molecular complexity index is 597. The van der Waals surface area contributed by atoms with Gasteiger partial charge < -0.3 is 15.2 Å². The van der Waals surface area contributed by atoms with Crippen LogP contribution in [0.4, 0.5) is 4.79 Å². The second-order valence-electron chi connectivity index (χ2n) is 4.14. The van der Waals surface area contributed by atoms with Gasteiger partial charge in [0, 0.05) is 6.54 Å². The third-order valence-electron chi connectivity index (χ3n) is 2.50. The summed E-state index contributed by atoms with van der Waals surface area (Å²) in [5.41, 5.74) is 0.931. The Morgan fingerprint density at radius 3 is 2.67 bits per heavy atom. The number of amides is 1. The van der Waals surface area contributed by atoms with E-state index in [1.54, 1.807) is 12.2 Å². The molecule has 0 fully saturated rings. The van der Waals surface area contributed by atoms with Crippen LogP contribution >= 0.6 is 0 Å². The molecule has 6 nitrogen and oxygen atoms in total. The summed E-state index contributed by atoms with van der Waals surface area (Å²) in [6.45, 7) is 0.537. The standard InChI is InChI=1S/C15H15N3O3/c19-13-9-17-14(18-10-13)7-4-8-16-15(20)21-11-12-5-2-1-3-6-12/h1-7,9-10,19H,8,11H2,(H,16,20). The number of nitrogens with zero attached hydrogens (tertiary/aromatic N) is 2. The number of carbonyl (C=O) groups excluding carboxylic acids is 1. The Balaban J connectivity index is 1.68. The van der Waals surface area contributed by atoms with Gasteiger partial charge in [-0.15, -0.1) is 0 Å². The lowest BCUT2D eigenvalue weighted by Gasteiger charge is -2.05. The average Bonchev–Trinajstić information content (AvgIpc) is 2.52. The maximum atomic E-state index is 11.4. The van der Waals surface area contributed by atoms with Crippen LogP contribution in [0.15, 0.2) is 48.8 Å². The first-order valence-corrected chi connectivity index (χ1v) is 6.36. The number of benzene rings is 1. The van der Waals surface area contributed by atoms with Crippen molar-refractivity contribution in [3.05, 3.63) is 60.2 Å². The predicted octanol–water partition coefficient (Wildman–Crippen LogP) is 2.12. The molecular weight excluding hydrogens is 270 g/mol. The minimum Gasteiger partial charge on any atom is -0.505 e. The van der Waals surface area contributed by atoms with Gasteiger partial charge in [0.1, 0.15) is 6.61 Å². The Kier molecular flexibility index (Phi) is 5.28. The van der Waals surface area contributed by atoms with Crippen molar-refractivity contribution >= 4 is 12.2 Å². The van der Waals surface area contributed by atoms with Gasteiger partial charge in [0.25, 0.3) is 0 Å². The van der Waals surface area contributed by atoms with Crippen LogP contribution in [0.2, 0.25) is 0 Å². The quantitative estimate of drug-likeness (QED) is 0.879. The maximum absolute atomic E-state index is 11.4. The van der Waals surface area contributed by atoms with E-state index in [1.807, 2.05) is 30.3 Å². The highest BCUT2D eigenvalue weighted by atomic mass is 16.5. The molecule has 0 radical (unpaired) electrons. The third-order valence-corrected chi connectivity index (χ3v) is 2.50. The molecule has 0 saturated carbocycles. The van der Waals surface area contributed by atoms with E-state index in [-0.39, 0.29) is 12.4 Å². The van der Waals surface area contributed by atoms with Gasteiger partial charge in [-0.1, -0.05) is 36.4 Å². The number of aromatic nitrogens is 2. The van der Waals surface area contributed by atoms with E-state index in [9.17, 15) is 4.79 Å². The van der Waals surface area contributed by atoms with Gasteiger partial charge in [0.15, 0.2) is 11.6 Å².